The molecule has 0 aromatic carbocycles. The molecule has 0 radical (unpaired) electrons. The quantitative estimate of drug-likeness (QED) is 0.607. The Bertz CT molecular complexity index is 275. The summed E-state index contributed by atoms with van der Waals surface area (Å²) in [5, 5.41) is 0. The van der Waals surface area contributed by atoms with Gasteiger partial charge in [0.25, 0.3) is 10.2 Å². The minimum atomic E-state index is -3.37. The lowest BCUT2D eigenvalue weighted by Gasteiger charge is -2.15. The third-order valence-electron chi connectivity index (χ3n) is 1.75. The number of hydrogen-bond donors (Lipinski definition) is 1. The largest absolute Gasteiger partial charge is 0.469 e. The fourth-order valence-electron chi connectivity index (χ4n) is 0.824. The Labute approximate surface area is 84.4 Å². The number of carbonyl (C=O) groups is 1. The van der Waals surface area contributed by atoms with E-state index in [9.17, 15) is 13.2 Å². The van der Waals surface area contributed by atoms with E-state index in [2.05, 4.69) is 9.46 Å². The van der Waals surface area contributed by atoms with Crippen LogP contribution >= 0.6 is 0 Å². The molecular formula is C7H16N2O4S. The number of hydrogen-bond acceptors (Lipinski definition) is 4. The maximum Gasteiger partial charge on any atom is 0.305 e. The summed E-state index contributed by atoms with van der Waals surface area (Å²) < 4.78 is 30.0. The summed E-state index contributed by atoms with van der Waals surface area (Å²) in [4.78, 5) is 10.7. The van der Waals surface area contributed by atoms with Gasteiger partial charge in [-0.05, 0) is 6.42 Å². The molecule has 0 aliphatic heterocycles. The van der Waals surface area contributed by atoms with Crippen molar-refractivity contribution in [3.05, 3.63) is 0 Å². The molecule has 0 unspecified atom stereocenters. The van der Waals surface area contributed by atoms with Gasteiger partial charge in [-0.1, -0.05) is 0 Å². The zero-order chi connectivity index (χ0) is 11.2. The molecule has 0 saturated heterocycles. The first-order chi connectivity index (χ1) is 6.44. The van der Waals surface area contributed by atoms with Gasteiger partial charge in [-0.15, -0.1) is 0 Å². The minimum Gasteiger partial charge on any atom is -0.469 e. The second-order valence-electron chi connectivity index (χ2n) is 2.71. The molecule has 0 aromatic heterocycles. The van der Waals surface area contributed by atoms with Crippen molar-refractivity contribution >= 4 is 16.2 Å². The van der Waals surface area contributed by atoms with Crippen LogP contribution in [0.25, 0.3) is 0 Å². The number of nitrogens with zero attached hydrogens (tertiary/aromatic N) is 1. The first-order valence-corrected chi connectivity index (χ1v) is 5.59. The summed E-state index contributed by atoms with van der Waals surface area (Å²) >= 11 is 0. The van der Waals surface area contributed by atoms with Crippen LogP contribution in [0.1, 0.15) is 12.8 Å². The molecule has 0 aliphatic rings. The van der Waals surface area contributed by atoms with Crippen molar-refractivity contribution in [1.29, 1.82) is 0 Å². The molecule has 84 valence electrons. The van der Waals surface area contributed by atoms with Crippen molar-refractivity contribution in [2.24, 2.45) is 0 Å². The summed E-state index contributed by atoms with van der Waals surface area (Å²) in [6.45, 7) is 0.290. The predicted molar refractivity (Wildman–Crippen MR) is 51.9 cm³/mol. The van der Waals surface area contributed by atoms with E-state index in [0.717, 1.165) is 4.31 Å². The van der Waals surface area contributed by atoms with E-state index in [1.54, 1.807) is 0 Å². The molecule has 0 aromatic rings. The highest BCUT2D eigenvalue weighted by atomic mass is 32.2. The maximum absolute atomic E-state index is 11.1. The monoisotopic (exact) mass is 224 g/mol. The van der Waals surface area contributed by atoms with Crippen LogP contribution in [0, 0.1) is 0 Å². The second kappa shape index (κ2) is 5.94. The third kappa shape index (κ3) is 4.54. The lowest BCUT2D eigenvalue weighted by Crippen LogP contribution is -2.36. The lowest BCUT2D eigenvalue weighted by atomic mass is 10.3. The number of methoxy groups -OCH3 is 1. The number of nitrogens with one attached hydrogen (secondary N) is 1. The van der Waals surface area contributed by atoms with Crippen molar-refractivity contribution in [2.45, 2.75) is 12.8 Å². The molecule has 0 bridgehead atoms. The SMILES string of the molecule is CNS(=O)(=O)N(C)CCCC(=O)OC. The molecule has 1 N–H and O–H groups in total. The van der Waals surface area contributed by atoms with Crippen LogP contribution in [0.5, 0.6) is 0 Å². The van der Waals surface area contributed by atoms with Crippen molar-refractivity contribution in [1.82, 2.24) is 9.03 Å². The standard InChI is InChI=1S/C7H16N2O4S/c1-8-14(11,12)9(2)6-4-5-7(10)13-3/h8H,4-6H2,1-3H3. The molecule has 0 rings (SSSR count). The Hall–Kier alpha value is -0.660. The molecule has 0 atom stereocenters. The van der Waals surface area contributed by atoms with Crippen molar-refractivity contribution < 1.29 is 17.9 Å². The van der Waals surface area contributed by atoms with Gasteiger partial charge in [-0.2, -0.15) is 12.7 Å². The van der Waals surface area contributed by atoms with Gasteiger partial charge < -0.3 is 4.74 Å². The lowest BCUT2D eigenvalue weighted by molar-refractivity contribution is -0.140. The smallest absolute Gasteiger partial charge is 0.305 e. The van der Waals surface area contributed by atoms with E-state index in [1.165, 1.54) is 21.2 Å². The van der Waals surface area contributed by atoms with Gasteiger partial charge in [0.2, 0.25) is 0 Å². The highest BCUT2D eigenvalue weighted by Crippen LogP contribution is 1.98. The van der Waals surface area contributed by atoms with Crippen LogP contribution < -0.4 is 4.72 Å². The Morgan fingerprint density at radius 2 is 2.07 bits per heavy atom. The average Bonchev–Trinajstić information content (AvgIpc) is 2.17. The molecular weight excluding hydrogens is 208 g/mol. The highest BCUT2D eigenvalue weighted by molar-refractivity contribution is 7.87. The van der Waals surface area contributed by atoms with Crippen LogP contribution in [-0.2, 0) is 19.7 Å². The molecule has 0 aliphatic carbocycles. The zero-order valence-corrected chi connectivity index (χ0v) is 9.43. The number of ether oxygens (including phenoxy) is 1. The first-order valence-electron chi connectivity index (χ1n) is 4.15. The number of esters is 1. The molecule has 0 saturated carbocycles. The van der Waals surface area contributed by atoms with Crippen molar-refractivity contribution in [3.63, 3.8) is 0 Å². The van der Waals surface area contributed by atoms with Crippen molar-refractivity contribution in [2.75, 3.05) is 27.7 Å². The molecule has 7 heteroatoms. The highest BCUT2D eigenvalue weighted by Gasteiger charge is 2.14. The molecule has 6 nitrogen and oxygen atoms in total. The molecule has 0 heterocycles. The van der Waals surface area contributed by atoms with E-state index in [1.807, 2.05) is 0 Å². The van der Waals surface area contributed by atoms with Crippen LogP contribution in [-0.4, -0.2) is 46.4 Å². The summed E-state index contributed by atoms with van der Waals surface area (Å²) in [6, 6.07) is 0. The fraction of sp³-hybridized carbons (Fsp3) is 0.857. The molecule has 0 spiro atoms. The van der Waals surface area contributed by atoms with Gasteiger partial charge in [-0.25, -0.2) is 4.72 Å². The maximum atomic E-state index is 11.1. The van der Waals surface area contributed by atoms with Gasteiger partial charge >= 0.3 is 5.97 Å². The van der Waals surface area contributed by atoms with E-state index in [-0.39, 0.29) is 18.9 Å². The predicted octanol–water partition coefficient (Wildman–Crippen LogP) is -0.664. The first kappa shape index (κ1) is 13.3. The Morgan fingerprint density at radius 3 is 2.50 bits per heavy atom. The Morgan fingerprint density at radius 1 is 1.50 bits per heavy atom. The van der Waals surface area contributed by atoms with Gasteiger partial charge in [0, 0.05) is 27.1 Å². The molecule has 0 amide bonds. The summed E-state index contributed by atoms with van der Waals surface area (Å²) in [5.74, 6) is -0.333. The Kier molecular flexibility index (Phi) is 5.66. The van der Waals surface area contributed by atoms with Gasteiger partial charge in [-0.3, -0.25) is 4.79 Å². The van der Waals surface area contributed by atoms with Gasteiger partial charge in [0.15, 0.2) is 0 Å². The van der Waals surface area contributed by atoms with Crippen molar-refractivity contribution in [3.8, 4) is 0 Å². The number of rotatable bonds is 6. The second-order valence-corrected chi connectivity index (χ2v) is 4.69. The zero-order valence-electron chi connectivity index (χ0n) is 8.61. The van der Waals surface area contributed by atoms with E-state index >= 15 is 0 Å². The van der Waals surface area contributed by atoms with Crippen LogP contribution in [0.15, 0.2) is 0 Å². The normalized spacial score (nSPS) is 11.7. The topological polar surface area (TPSA) is 75.7 Å². The molecule has 14 heavy (non-hydrogen) atoms. The van der Waals surface area contributed by atoms with E-state index in [4.69, 9.17) is 0 Å². The third-order valence-corrected chi connectivity index (χ3v) is 3.27. The van der Waals surface area contributed by atoms with E-state index < -0.39 is 10.2 Å². The summed E-state index contributed by atoms with van der Waals surface area (Å²) in [6.07, 6.45) is 0.671. The fourth-order valence-corrected chi connectivity index (χ4v) is 1.51. The van der Waals surface area contributed by atoms with E-state index in [0.29, 0.717) is 6.42 Å². The van der Waals surface area contributed by atoms with Crippen LogP contribution in [0.4, 0.5) is 0 Å². The van der Waals surface area contributed by atoms with Crippen LogP contribution in [0.3, 0.4) is 0 Å². The summed E-state index contributed by atoms with van der Waals surface area (Å²) in [5.41, 5.74) is 0. The Balaban J connectivity index is 3.86. The van der Waals surface area contributed by atoms with Gasteiger partial charge in [0.05, 0.1) is 7.11 Å². The number of carbonyl (C=O) groups excluding carboxylic acids is 1. The summed E-state index contributed by atoms with van der Waals surface area (Å²) in [7, 11) is 0.717. The minimum absolute atomic E-state index is 0.222. The average molecular weight is 224 g/mol. The molecule has 0 fully saturated rings. The van der Waals surface area contributed by atoms with Crippen LogP contribution in [0.2, 0.25) is 0 Å². The van der Waals surface area contributed by atoms with Gasteiger partial charge in [0.1, 0.15) is 0 Å².